The number of carbonyl (C=O) groups excluding carboxylic acids is 1. The second-order valence-electron chi connectivity index (χ2n) is 3.31. The normalized spacial score (nSPS) is 12.2. The Kier molecular flexibility index (Phi) is 4.24. The lowest BCUT2D eigenvalue weighted by atomic mass is 10.3. The third-order valence-electron chi connectivity index (χ3n) is 1.95. The lowest BCUT2D eigenvalue weighted by Gasteiger charge is -2.11. The molecule has 0 aliphatic rings. The quantitative estimate of drug-likeness (QED) is 0.820. The van der Waals surface area contributed by atoms with Crippen molar-refractivity contribution in [2.45, 2.75) is 26.9 Å². The molecule has 4 nitrogen and oxygen atoms in total. The van der Waals surface area contributed by atoms with Crippen LogP contribution < -0.4 is 5.32 Å². The van der Waals surface area contributed by atoms with Crippen molar-refractivity contribution >= 4 is 11.7 Å². The molecule has 0 fully saturated rings. The van der Waals surface area contributed by atoms with Crippen LogP contribution in [-0.2, 0) is 9.53 Å². The average molecular weight is 208 g/mol. The maximum atomic E-state index is 11.5. The van der Waals surface area contributed by atoms with Gasteiger partial charge in [-0.15, -0.1) is 0 Å². The third-order valence-corrected chi connectivity index (χ3v) is 1.95. The summed E-state index contributed by atoms with van der Waals surface area (Å²) in [5, 5.41) is 2.68. The van der Waals surface area contributed by atoms with Crippen LogP contribution >= 0.6 is 0 Å². The van der Waals surface area contributed by atoms with Crippen LogP contribution in [0, 0.1) is 6.92 Å². The predicted molar refractivity (Wildman–Crippen MR) is 58.7 cm³/mol. The fourth-order valence-electron chi connectivity index (χ4n) is 1.10. The fourth-order valence-corrected chi connectivity index (χ4v) is 1.10. The molecule has 0 saturated heterocycles. The summed E-state index contributed by atoms with van der Waals surface area (Å²) in [5.41, 5.74) is 1.06. The van der Waals surface area contributed by atoms with Crippen LogP contribution in [0.4, 0.5) is 5.82 Å². The SMILES string of the molecule is CCOC(C)C(=O)Nc1ccc(C)cn1. The summed E-state index contributed by atoms with van der Waals surface area (Å²) < 4.78 is 5.16. The number of amides is 1. The van der Waals surface area contributed by atoms with E-state index in [0.29, 0.717) is 12.4 Å². The Bertz CT molecular complexity index is 322. The van der Waals surface area contributed by atoms with Gasteiger partial charge in [-0.25, -0.2) is 4.98 Å². The van der Waals surface area contributed by atoms with Crippen LogP contribution in [0.2, 0.25) is 0 Å². The van der Waals surface area contributed by atoms with Gasteiger partial charge in [-0.2, -0.15) is 0 Å². The van der Waals surface area contributed by atoms with Crippen molar-refractivity contribution in [1.29, 1.82) is 0 Å². The zero-order valence-electron chi connectivity index (χ0n) is 9.28. The molecule has 1 N–H and O–H groups in total. The number of nitrogens with zero attached hydrogens (tertiary/aromatic N) is 1. The number of aromatic nitrogens is 1. The standard InChI is InChI=1S/C11H16N2O2/c1-4-15-9(3)11(14)13-10-6-5-8(2)7-12-10/h5-7,9H,4H2,1-3H3,(H,12,13,14). The van der Waals surface area contributed by atoms with Gasteiger partial charge in [0.1, 0.15) is 11.9 Å². The first kappa shape index (κ1) is 11.7. The summed E-state index contributed by atoms with van der Waals surface area (Å²) in [6, 6.07) is 3.67. The van der Waals surface area contributed by atoms with E-state index in [2.05, 4.69) is 10.3 Å². The van der Waals surface area contributed by atoms with E-state index in [1.807, 2.05) is 19.9 Å². The molecule has 82 valence electrons. The number of nitrogens with one attached hydrogen (secondary N) is 1. The zero-order valence-corrected chi connectivity index (χ0v) is 9.28. The molecule has 4 heteroatoms. The smallest absolute Gasteiger partial charge is 0.254 e. The number of hydrogen-bond acceptors (Lipinski definition) is 3. The molecule has 0 radical (unpaired) electrons. The maximum Gasteiger partial charge on any atom is 0.254 e. The Balaban J connectivity index is 2.54. The Labute approximate surface area is 89.7 Å². The van der Waals surface area contributed by atoms with Gasteiger partial charge < -0.3 is 10.1 Å². The van der Waals surface area contributed by atoms with Crippen LogP contribution in [0.25, 0.3) is 0 Å². The Morgan fingerprint density at radius 2 is 2.33 bits per heavy atom. The first-order valence-corrected chi connectivity index (χ1v) is 4.98. The number of hydrogen-bond donors (Lipinski definition) is 1. The molecule has 0 bridgehead atoms. The van der Waals surface area contributed by atoms with Crippen molar-refractivity contribution in [3.05, 3.63) is 23.9 Å². The van der Waals surface area contributed by atoms with Crippen molar-refractivity contribution in [2.75, 3.05) is 11.9 Å². The minimum Gasteiger partial charge on any atom is -0.369 e. The zero-order chi connectivity index (χ0) is 11.3. The van der Waals surface area contributed by atoms with E-state index in [0.717, 1.165) is 5.56 Å². The highest BCUT2D eigenvalue weighted by molar-refractivity contribution is 5.93. The number of rotatable bonds is 4. The van der Waals surface area contributed by atoms with Gasteiger partial charge in [0, 0.05) is 12.8 Å². The molecule has 1 unspecified atom stereocenters. The monoisotopic (exact) mass is 208 g/mol. The molecule has 1 amide bonds. The number of carbonyl (C=O) groups is 1. The molecular formula is C11H16N2O2. The summed E-state index contributed by atoms with van der Waals surface area (Å²) in [6.45, 7) is 6.04. The van der Waals surface area contributed by atoms with Gasteiger partial charge in [-0.1, -0.05) is 6.07 Å². The molecule has 0 aliphatic heterocycles. The predicted octanol–water partition coefficient (Wildman–Crippen LogP) is 1.75. The van der Waals surface area contributed by atoms with Crippen LogP contribution in [0.1, 0.15) is 19.4 Å². The van der Waals surface area contributed by atoms with Gasteiger partial charge in [0.2, 0.25) is 0 Å². The molecule has 1 heterocycles. The van der Waals surface area contributed by atoms with Crippen molar-refractivity contribution in [2.24, 2.45) is 0 Å². The highest BCUT2D eigenvalue weighted by atomic mass is 16.5. The largest absolute Gasteiger partial charge is 0.369 e. The first-order valence-electron chi connectivity index (χ1n) is 4.98. The van der Waals surface area contributed by atoms with Gasteiger partial charge >= 0.3 is 0 Å². The number of ether oxygens (including phenoxy) is 1. The number of anilines is 1. The summed E-state index contributed by atoms with van der Waals surface area (Å²) in [6.07, 6.45) is 1.26. The molecule has 0 spiro atoms. The van der Waals surface area contributed by atoms with Crippen LogP contribution in [0.15, 0.2) is 18.3 Å². The molecule has 0 aliphatic carbocycles. The number of pyridine rings is 1. The molecule has 1 rings (SSSR count). The van der Waals surface area contributed by atoms with Gasteiger partial charge in [0.05, 0.1) is 0 Å². The van der Waals surface area contributed by atoms with Crippen LogP contribution in [0.3, 0.4) is 0 Å². The van der Waals surface area contributed by atoms with Crippen molar-refractivity contribution in [3.8, 4) is 0 Å². The number of aryl methyl sites for hydroxylation is 1. The van der Waals surface area contributed by atoms with E-state index >= 15 is 0 Å². The van der Waals surface area contributed by atoms with Gasteiger partial charge in [-0.05, 0) is 32.4 Å². The third kappa shape index (κ3) is 3.67. The fraction of sp³-hybridized carbons (Fsp3) is 0.455. The van der Waals surface area contributed by atoms with E-state index in [9.17, 15) is 4.79 Å². The van der Waals surface area contributed by atoms with Crippen molar-refractivity contribution < 1.29 is 9.53 Å². The van der Waals surface area contributed by atoms with E-state index in [4.69, 9.17) is 4.74 Å². The highest BCUT2D eigenvalue weighted by Crippen LogP contribution is 2.05. The molecule has 0 saturated carbocycles. The molecule has 0 aromatic carbocycles. The molecular weight excluding hydrogens is 192 g/mol. The van der Waals surface area contributed by atoms with Crippen molar-refractivity contribution in [1.82, 2.24) is 4.98 Å². The Morgan fingerprint density at radius 1 is 1.60 bits per heavy atom. The van der Waals surface area contributed by atoms with Crippen molar-refractivity contribution in [3.63, 3.8) is 0 Å². The minimum atomic E-state index is -0.446. The lowest BCUT2D eigenvalue weighted by Crippen LogP contribution is -2.28. The Hall–Kier alpha value is -1.42. The first-order chi connectivity index (χ1) is 7.13. The summed E-state index contributed by atoms with van der Waals surface area (Å²) in [4.78, 5) is 15.6. The van der Waals surface area contributed by atoms with Gasteiger partial charge in [0.25, 0.3) is 5.91 Å². The molecule has 1 aromatic heterocycles. The highest BCUT2D eigenvalue weighted by Gasteiger charge is 2.12. The van der Waals surface area contributed by atoms with E-state index in [1.54, 1.807) is 19.2 Å². The maximum absolute atomic E-state index is 11.5. The van der Waals surface area contributed by atoms with Crippen LogP contribution in [-0.4, -0.2) is 23.6 Å². The van der Waals surface area contributed by atoms with E-state index in [-0.39, 0.29) is 5.91 Å². The Morgan fingerprint density at radius 3 is 2.87 bits per heavy atom. The summed E-state index contributed by atoms with van der Waals surface area (Å²) in [5.74, 6) is 0.380. The summed E-state index contributed by atoms with van der Waals surface area (Å²) >= 11 is 0. The molecule has 1 aromatic rings. The second kappa shape index (κ2) is 5.46. The second-order valence-corrected chi connectivity index (χ2v) is 3.31. The van der Waals surface area contributed by atoms with Gasteiger partial charge in [0.15, 0.2) is 0 Å². The minimum absolute atomic E-state index is 0.173. The van der Waals surface area contributed by atoms with Crippen LogP contribution in [0.5, 0.6) is 0 Å². The average Bonchev–Trinajstić information content (AvgIpc) is 2.22. The van der Waals surface area contributed by atoms with E-state index in [1.165, 1.54) is 0 Å². The molecule has 1 atom stereocenters. The lowest BCUT2D eigenvalue weighted by molar-refractivity contribution is -0.126. The van der Waals surface area contributed by atoms with Gasteiger partial charge in [-0.3, -0.25) is 4.79 Å². The van der Waals surface area contributed by atoms with E-state index < -0.39 is 6.10 Å². The topological polar surface area (TPSA) is 51.2 Å². The molecule has 15 heavy (non-hydrogen) atoms. The summed E-state index contributed by atoms with van der Waals surface area (Å²) in [7, 11) is 0.